The predicted octanol–water partition coefficient (Wildman–Crippen LogP) is 3.86. The number of nitrogens with one attached hydrogen (secondary N) is 1. The van der Waals surface area contributed by atoms with Crippen LogP contribution < -0.4 is 5.32 Å². The average molecular weight is 394 g/mol. The molecule has 4 rings (SSSR count). The maximum atomic E-state index is 14.3. The minimum atomic E-state index is -0.642. The minimum absolute atomic E-state index is 0.192. The van der Waals surface area contributed by atoms with Gasteiger partial charge in [-0.1, -0.05) is 36.4 Å². The van der Waals surface area contributed by atoms with Crippen molar-refractivity contribution < 1.29 is 18.7 Å². The number of benzene rings is 2. The Morgan fingerprint density at radius 2 is 1.97 bits per heavy atom. The SMILES string of the molecule is O=C(NCC1CCOC1)c1ncc(COCc2ccc3ccccc3c2)cc1F. The van der Waals surface area contributed by atoms with Gasteiger partial charge in [0, 0.05) is 25.3 Å². The van der Waals surface area contributed by atoms with Crippen molar-refractivity contribution in [3.8, 4) is 0 Å². The lowest BCUT2D eigenvalue weighted by molar-refractivity contribution is 0.0933. The number of fused-ring (bicyclic) bond motifs is 1. The Bertz CT molecular complexity index is 1000. The van der Waals surface area contributed by atoms with Crippen LogP contribution >= 0.6 is 0 Å². The van der Waals surface area contributed by atoms with E-state index < -0.39 is 11.7 Å². The van der Waals surface area contributed by atoms with Crippen molar-refractivity contribution in [3.63, 3.8) is 0 Å². The lowest BCUT2D eigenvalue weighted by Crippen LogP contribution is -2.30. The summed E-state index contributed by atoms with van der Waals surface area (Å²) in [5.74, 6) is -0.861. The van der Waals surface area contributed by atoms with Crippen LogP contribution in [0.1, 0.15) is 28.0 Å². The van der Waals surface area contributed by atoms with Crippen LogP contribution in [-0.2, 0) is 22.7 Å². The number of ether oxygens (including phenoxy) is 2. The molecular formula is C23H23FN2O3. The molecule has 6 heteroatoms. The first-order valence-electron chi connectivity index (χ1n) is 9.75. The number of amides is 1. The molecule has 5 nitrogen and oxygen atoms in total. The van der Waals surface area contributed by atoms with Gasteiger partial charge in [0.25, 0.3) is 5.91 Å². The van der Waals surface area contributed by atoms with Gasteiger partial charge >= 0.3 is 0 Å². The normalized spacial score (nSPS) is 16.2. The number of nitrogens with zero attached hydrogens (tertiary/aromatic N) is 1. The van der Waals surface area contributed by atoms with E-state index in [9.17, 15) is 9.18 Å². The molecule has 3 aromatic rings. The van der Waals surface area contributed by atoms with Crippen LogP contribution in [-0.4, -0.2) is 30.6 Å². The number of halogens is 1. The summed E-state index contributed by atoms with van der Waals surface area (Å²) >= 11 is 0. The molecule has 1 aliphatic rings. The van der Waals surface area contributed by atoms with Crippen molar-refractivity contribution in [1.29, 1.82) is 0 Å². The molecule has 0 radical (unpaired) electrons. The summed E-state index contributed by atoms with van der Waals surface area (Å²) in [6.45, 7) is 2.44. The molecule has 0 spiro atoms. The molecule has 29 heavy (non-hydrogen) atoms. The van der Waals surface area contributed by atoms with E-state index >= 15 is 0 Å². The Hall–Kier alpha value is -2.83. The van der Waals surface area contributed by atoms with Crippen LogP contribution in [0.3, 0.4) is 0 Å². The molecule has 1 amide bonds. The molecule has 1 saturated heterocycles. The van der Waals surface area contributed by atoms with Crippen LogP contribution in [0.2, 0.25) is 0 Å². The van der Waals surface area contributed by atoms with Crippen molar-refractivity contribution in [2.24, 2.45) is 5.92 Å². The van der Waals surface area contributed by atoms with E-state index in [2.05, 4.69) is 34.6 Å². The third-order valence-electron chi connectivity index (χ3n) is 5.04. The van der Waals surface area contributed by atoms with Gasteiger partial charge < -0.3 is 14.8 Å². The minimum Gasteiger partial charge on any atom is -0.381 e. The number of hydrogen-bond donors (Lipinski definition) is 1. The second kappa shape index (κ2) is 9.11. The van der Waals surface area contributed by atoms with Gasteiger partial charge in [-0.25, -0.2) is 9.37 Å². The largest absolute Gasteiger partial charge is 0.381 e. The molecular weight excluding hydrogens is 371 g/mol. The number of carbonyl (C=O) groups is 1. The van der Waals surface area contributed by atoms with Gasteiger partial charge in [-0.3, -0.25) is 4.79 Å². The van der Waals surface area contributed by atoms with Crippen LogP contribution in [0.4, 0.5) is 4.39 Å². The molecule has 0 aliphatic carbocycles. The molecule has 0 bridgehead atoms. The van der Waals surface area contributed by atoms with E-state index in [0.29, 0.717) is 31.9 Å². The molecule has 0 saturated carbocycles. The molecule has 1 fully saturated rings. The first-order chi connectivity index (χ1) is 14.2. The van der Waals surface area contributed by atoms with E-state index in [1.165, 1.54) is 17.6 Å². The fraction of sp³-hybridized carbons (Fsp3) is 0.304. The maximum Gasteiger partial charge on any atom is 0.272 e. The third-order valence-corrected chi connectivity index (χ3v) is 5.04. The summed E-state index contributed by atoms with van der Waals surface area (Å²) in [5, 5.41) is 5.06. The van der Waals surface area contributed by atoms with Crippen molar-refractivity contribution in [3.05, 3.63) is 77.4 Å². The summed E-state index contributed by atoms with van der Waals surface area (Å²) in [6.07, 6.45) is 2.39. The Balaban J connectivity index is 1.30. The lowest BCUT2D eigenvalue weighted by atomic mass is 10.1. The van der Waals surface area contributed by atoms with E-state index in [0.717, 1.165) is 17.4 Å². The number of aromatic nitrogens is 1. The summed E-state index contributed by atoms with van der Waals surface area (Å²) < 4.78 is 25.3. The molecule has 1 aromatic heterocycles. The summed E-state index contributed by atoms with van der Waals surface area (Å²) in [7, 11) is 0. The van der Waals surface area contributed by atoms with Crippen molar-refractivity contribution in [2.45, 2.75) is 19.6 Å². The van der Waals surface area contributed by atoms with E-state index in [1.54, 1.807) is 0 Å². The van der Waals surface area contributed by atoms with Crippen LogP contribution in [0, 0.1) is 11.7 Å². The summed E-state index contributed by atoms with van der Waals surface area (Å²) in [6, 6.07) is 15.6. The van der Waals surface area contributed by atoms with Gasteiger partial charge in [-0.15, -0.1) is 0 Å². The molecule has 1 N–H and O–H groups in total. The number of hydrogen-bond acceptors (Lipinski definition) is 4. The Labute approximate surface area is 168 Å². The third kappa shape index (κ3) is 4.96. The second-order valence-corrected chi connectivity index (χ2v) is 7.29. The van der Waals surface area contributed by atoms with Crippen LogP contribution in [0.5, 0.6) is 0 Å². The zero-order chi connectivity index (χ0) is 20.1. The monoisotopic (exact) mass is 394 g/mol. The number of rotatable bonds is 7. The molecule has 1 unspecified atom stereocenters. The molecule has 150 valence electrons. The van der Waals surface area contributed by atoms with Gasteiger partial charge in [0.15, 0.2) is 11.5 Å². The molecule has 2 heterocycles. The van der Waals surface area contributed by atoms with E-state index in [4.69, 9.17) is 9.47 Å². The lowest BCUT2D eigenvalue weighted by Gasteiger charge is -2.10. The number of pyridine rings is 1. The Morgan fingerprint density at radius 1 is 1.14 bits per heavy atom. The highest BCUT2D eigenvalue weighted by atomic mass is 19.1. The zero-order valence-corrected chi connectivity index (χ0v) is 16.1. The predicted molar refractivity (Wildman–Crippen MR) is 108 cm³/mol. The highest BCUT2D eigenvalue weighted by Gasteiger charge is 2.19. The molecule has 2 aromatic carbocycles. The van der Waals surface area contributed by atoms with E-state index in [-0.39, 0.29) is 18.2 Å². The van der Waals surface area contributed by atoms with Gasteiger partial charge in [0.2, 0.25) is 0 Å². The number of carbonyl (C=O) groups excluding carboxylic acids is 1. The molecule has 1 atom stereocenters. The van der Waals surface area contributed by atoms with Gasteiger partial charge in [-0.05, 0) is 40.5 Å². The van der Waals surface area contributed by atoms with E-state index in [1.807, 2.05) is 18.2 Å². The van der Waals surface area contributed by atoms with Crippen LogP contribution in [0.15, 0.2) is 54.7 Å². The van der Waals surface area contributed by atoms with Gasteiger partial charge in [0.1, 0.15) is 0 Å². The van der Waals surface area contributed by atoms with Gasteiger partial charge in [-0.2, -0.15) is 0 Å². The van der Waals surface area contributed by atoms with Crippen molar-refractivity contribution >= 4 is 16.7 Å². The zero-order valence-electron chi connectivity index (χ0n) is 16.1. The quantitative estimate of drug-likeness (QED) is 0.661. The fourth-order valence-electron chi connectivity index (χ4n) is 3.40. The van der Waals surface area contributed by atoms with Crippen LogP contribution in [0.25, 0.3) is 10.8 Å². The fourth-order valence-corrected chi connectivity index (χ4v) is 3.40. The Kier molecular flexibility index (Phi) is 6.12. The highest BCUT2D eigenvalue weighted by Crippen LogP contribution is 2.17. The first kappa shape index (κ1) is 19.5. The topological polar surface area (TPSA) is 60.5 Å². The summed E-state index contributed by atoms with van der Waals surface area (Å²) in [5.41, 5.74) is 1.44. The average Bonchev–Trinajstić information content (AvgIpc) is 3.26. The first-order valence-corrected chi connectivity index (χ1v) is 9.75. The van der Waals surface area contributed by atoms with Crippen molar-refractivity contribution in [1.82, 2.24) is 10.3 Å². The maximum absolute atomic E-state index is 14.3. The van der Waals surface area contributed by atoms with Crippen molar-refractivity contribution in [2.75, 3.05) is 19.8 Å². The summed E-state index contributed by atoms with van der Waals surface area (Å²) in [4.78, 5) is 16.1. The second-order valence-electron chi connectivity index (χ2n) is 7.29. The standard InChI is InChI=1S/C23H23FN2O3/c24-21-10-18(12-25-22(21)23(27)26-11-17-7-8-28-14-17)15-29-13-16-5-6-19-3-1-2-4-20(19)9-16/h1-6,9-10,12,17H,7-8,11,13-15H2,(H,26,27). The Morgan fingerprint density at radius 3 is 2.76 bits per heavy atom. The molecule has 1 aliphatic heterocycles. The smallest absolute Gasteiger partial charge is 0.272 e. The highest BCUT2D eigenvalue weighted by molar-refractivity contribution is 5.92. The van der Waals surface area contributed by atoms with Gasteiger partial charge in [0.05, 0.1) is 19.8 Å².